The summed E-state index contributed by atoms with van der Waals surface area (Å²) in [5.74, 6) is -1.40. The first-order valence-electron chi connectivity index (χ1n) is 5.43. The van der Waals surface area contributed by atoms with E-state index in [-0.39, 0.29) is 5.91 Å². The van der Waals surface area contributed by atoms with Gasteiger partial charge in [-0.1, -0.05) is 12.1 Å². The Balaban J connectivity index is 2.11. The molecule has 1 aromatic rings. The number of nitrogens with one attached hydrogen (secondary N) is 1. The van der Waals surface area contributed by atoms with Gasteiger partial charge in [-0.25, -0.2) is 0 Å². The van der Waals surface area contributed by atoms with Crippen molar-refractivity contribution >= 4 is 11.9 Å². The van der Waals surface area contributed by atoms with Gasteiger partial charge in [-0.3, -0.25) is 14.3 Å². The van der Waals surface area contributed by atoms with Crippen molar-refractivity contribution in [2.75, 3.05) is 6.54 Å². The van der Waals surface area contributed by atoms with Crippen molar-refractivity contribution in [2.24, 2.45) is 5.92 Å². The lowest BCUT2D eigenvalue weighted by Crippen LogP contribution is -2.27. The highest BCUT2D eigenvalue weighted by atomic mass is 16.4. The summed E-state index contributed by atoms with van der Waals surface area (Å²) in [5.41, 5.74) is 0. The predicted molar refractivity (Wildman–Crippen MR) is 59.1 cm³/mol. The number of carbonyl (C=O) groups excluding carboxylic acids is 1. The molecule has 0 aliphatic carbocycles. The Kier molecular flexibility index (Phi) is 5.12. The fourth-order valence-electron chi connectivity index (χ4n) is 1.21. The Morgan fingerprint density at radius 3 is 2.88 bits per heavy atom. The van der Waals surface area contributed by atoms with Gasteiger partial charge in [0.1, 0.15) is 0 Å². The van der Waals surface area contributed by atoms with Crippen LogP contribution in [0.15, 0.2) is 12.4 Å². The molecule has 0 saturated carbocycles. The van der Waals surface area contributed by atoms with Crippen LogP contribution in [0.4, 0.5) is 0 Å². The van der Waals surface area contributed by atoms with E-state index in [1.54, 1.807) is 24.0 Å². The summed E-state index contributed by atoms with van der Waals surface area (Å²) in [6.07, 6.45) is 3.97. The highest BCUT2D eigenvalue weighted by Crippen LogP contribution is 1.99. The minimum Gasteiger partial charge on any atom is -0.481 e. The van der Waals surface area contributed by atoms with Crippen LogP contribution in [0.5, 0.6) is 0 Å². The maximum atomic E-state index is 11.4. The van der Waals surface area contributed by atoms with Crippen molar-refractivity contribution in [1.82, 2.24) is 20.3 Å². The first kappa shape index (κ1) is 13.1. The smallest absolute Gasteiger partial charge is 0.306 e. The molecule has 17 heavy (non-hydrogen) atoms. The van der Waals surface area contributed by atoms with Crippen molar-refractivity contribution in [1.29, 1.82) is 0 Å². The van der Waals surface area contributed by atoms with Crippen LogP contribution < -0.4 is 5.32 Å². The molecular weight excluding hydrogens is 224 g/mol. The monoisotopic (exact) mass is 240 g/mol. The fraction of sp³-hybridized carbons (Fsp3) is 0.600. The zero-order chi connectivity index (χ0) is 12.7. The number of aryl methyl sites for hydroxylation is 1. The van der Waals surface area contributed by atoms with E-state index in [4.69, 9.17) is 5.11 Å². The van der Waals surface area contributed by atoms with Crippen molar-refractivity contribution in [3.63, 3.8) is 0 Å². The molecule has 0 radical (unpaired) electrons. The maximum absolute atomic E-state index is 11.4. The number of aliphatic carboxylic acids is 1. The molecule has 0 aliphatic heterocycles. The van der Waals surface area contributed by atoms with Crippen LogP contribution in [-0.2, 0) is 16.1 Å². The number of carboxylic acids is 1. The molecule has 7 nitrogen and oxygen atoms in total. The number of hydrogen-bond donors (Lipinski definition) is 2. The van der Waals surface area contributed by atoms with E-state index >= 15 is 0 Å². The second-order valence-corrected chi connectivity index (χ2v) is 3.79. The molecule has 1 unspecified atom stereocenters. The quantitative estimate of drug-likeness (QED) is 0.693. The molecule has 2 N–H and O–H groups in total. The largest absolute Gasteiger partial charge is 0.481 e. The summed E-state index contributed by atoms with van der Waals surface area (Å²) in [5, 5.41) is 18.7. The predicted octanol–water partition coefficient (Wildman–Crippen LogP) is -0.105. The van der Waals surface area contributed by atoms with Gasteiger partial charge in [0.2, 0.25) is 5.91 Å². The molecule has 0 aromatic carbocycles. The van der Waals surface area contributed by atoms with Crippen LogP contribution in [-0.4, -0.2) is 38.5 Å². The summed E-state index contributed by atoms with van der Waals surface area (Å²) in [6.45, 7) is 2.47. The van der Waals surface area contributed by atoms with Gasteiger partial charge in [0, 0.05) is 19.2 Å². The SMILES string of the molecule is CC(CCNC(=O)CCn1ccnn1)C(=O)O. The molecule has 1 aromatic heterocycles. The third-order valence-electron chi connectivity index (χ3n) is 2.36. The van der Waals surface area contributed by atoms with Crippen molar-refractivity contribution in [3.8, 4) is 0 Å². The lowest BCUT2D eigenvalue weighted by atomic mass is 10.1. The minimum absolute atomic E-state index is 0.113. The minimum atomic E-state index is -0.845. The van der Waals surface area contributed by atoms with Crippen molar-refractivity contribution in [3.05, 3.63) is 12.4 Å². The fourth-order valence-corrected chi connectivity index (χ4v) is 1.21. The Hall–Kier alpha value is -1.92. The first-order chi connectivity index (χ1) is 8.09. The topological polar surface area (TPSA) is 97.1 Å². The standard InChI is InChI=1S/C10H16N4O3/c1-8(10(16)17)2-4-11-9(15)3-6-14-7-5-12-13-14/h5,7-8H,2-4,6H2,1H3,(H,11,15)(H,16,17). The van der Waals surface area contributed by atoms with Crippen LogP contribution in [0.2, 0.25) is 0 Å². The maximum Gasteiger partial charge on any atom is 0.306 e. The molecule has 1 amide bonds. The summed E-state index contributed by atoms with van der Waals surface area (Å²) in [4.78, 5) is 21.9. The molecule has 94 valence electrons. The Bertz CT molecular complexity index is 364. The average molecular weight is 240 g/mol. The molecule has 0 aliphatic rings. The third-order valence-corrected chi connectivity index (χ3v) is 2.36. The second kappa shape index (κ2) is 6.62. The average Bonchev–Trinajstić information content (AvgIpc) is 2.78. The van der Waals surface area contributed by atoms with E-state index in [2.05, 4.69) is 15.6 Å². The molecule has 0 fully saturated rings. The molecular formula is C10H16N4O3. The zero-order valence-electron chi connectivity index (χ0n) is 9.67. The van der Waals surface area contributed by atoms with Crippen molar-refractivity contribution < 1.29 is 14.7 Å². The first-order valence-corrected chi connectivity index (χ1v) is 5.43. The Labute approximate surface area is 98.8 Å². The van der Waals surface area contributed by atoms with Crippen LogP contribution >= 0.6 is 0 Å². The summed E-state index contributed by atoms with van der Waals surface area (Å²) in [7, 11) is 0. The number of nitrogens with zero attached hydrogens (tertiary/aromatic N) is 3. The van der Waals surface area contributed by atoms with Gasteiger partial charge in [-0.15, -0.1) is 5.10 Å². The second-order valence-electron chi connectivity index (χ2n) is 3.79. The van der Waals surface area contributed by atoms with E-state index in [9.17, 15) is 9.59 Å². The van der Waals surface area contributed by atoms with E-state index in [0.717, 1.165) is 0 Å². The van der Waals surface area contributed by atoms with Gasteiger partial charge >= 0.3 is 5.97 Å². The molecule has 7 heteroatoms. The number of amides is 1. The summed E-state index contributed by atoms with van der Waals surface area (Å²) >= 11 is 0. The number of carboxylic acid groups (broad SMARTS) is 1. The number of rotatable bonds is 7. The molecule has 0 spiro atoms. The van der Waals surface area contributed by atoms with Crippen LogP contribution in [0.1, 0.15) is 19.8 Å². The van der Waals surface area contributed by atoms with Gasteiger partial charge in [0.25, 0.3) is 0 Å². The lowest BCUT2D eigenvalue weighted by molar-refractivity contribution is -0.141. The molecule has 1 atom stereocenters. The van der Waals surface area contributed by atoms with Gasteiger partial charge in [0.05, 0.1) is 18.7 Å². The normalized spacial score (nSPS) is 12.1. The van der Waals surface area contributed by atoms with Gasteiger partial charge < -0.3 is 10.4 Å². The highest BCUT2D eigenvalue weighted by molar-refractivity contribution is 5.75. The molecule has 1 rings (SSSR count). The summed E-state index contributed by atoms with van der Waals surface area (Å²) < 4.78 is 1.57. The van der Waals surface area contributed by atoms with Crippen LogP contribution in [0.25, 0.3) is 0 Å². The number of hydrogen-bond acceptors (Lipinski definition) is 4. The number of aromatic nitrogens is 3. The Morgan fingerprint density at radius 2 is 2.29 bits per heavy atom. The Morgan fingerprint density at radius 1 is 1.53 bits per heavy atom. The van der Waals surface area contributed by atoms with E-state index in [0.29, 0.717) is 25.9 Å². The third kappa shape index (κ3) is 5.10. The van der Waals surface area contributed by atoms with Gasteiger partial charge in [-0.05, 0) is 6.42 Å². The van der Waals surface area contributed by atoms with E-state index in [1.165, 1.54) is 0 Å². The molecule has 0 bridgehead atoms. The van der Waals surface area contributed by atoms with Crippen molar-refractivity contribution in [2.45, 2.75) is 26.3 Å². The van der Waals surface area contributed by atoms with E-state index in [1.807, 2.05) is 0 Å². The lowest BCUT2D eigenvalue weighted by Gasteiger charge is -2.07. The molecule has 0 saturated heterocycles. The van der Waals surface area contributed by atoms with Gasteiger partial charge in [-0.2, -0.15) is 0 Å². The zero-order valence-corrected chi connectivity index (χ0v) is 9.67. The van der Waals surface area contributed by atoms with Crippen LogP contribution in [0.3, 0.4) is 0 Å². The van der Waals surface area contributed by atoms with E-state index < -0.39 is 11.9 Å². The highest BCUT2D eigenvalue weighted by Gasteiger charge is 2.10. The van der Waals surface area contributed by atoms with Crippen LogP contribution in [0, 0.1) is 5.92 Å². The number of carbonyl (C=O) groups is 2. The molecule has 1 heterocycles. The summed E-state index contributed by atoms with van der Waals surface area (Å²) in [6, 6.07) is 0. The van der Waals surface area contributed by atoms with Gasteiger partial charge in [0.15, 0.2) is 0 Å².